The third kappa shape index (κ3) is 4.98. The van der Waals surface area contributed by atoms with E-state index in [1.165, 1.54) is 33.0 Å². The maximum Gasteiger partial charge on any atom is 0.238 e. The Kier molecular flexibility index (Phi) is 7.00. The molecule has 5 heteroatoms. The van der Waals surface area contributed by atoms with E-state index >= 15 is 0 Å². The molecule has 12 aromatic rings. The van der Waals surface area contributed by atoms with Gasteiger partial charge in [0, 0.05) is 43.7 Å². The van der Waals surface area contributed by atoms with E-state index < -0.39 is 0 Å². The Labute approximate surface area is 351 Å². The third-order valence-electron chi connectivity index (χ3n) is 13.0. The highest BCUT2D eigenvalue weighted by atomic mass is 16.3. The van der Waals surface area contributed by atoms with Crippen molar-refractivity contribution < 1.29 is 4.42 Å². The molecule has 0 atom stereocenters. The van der Waals surface area contributed by atoms with Crippen molar-refractivity contribution in [2.24, 2.45) is 0 Å². The number of aromatic nitrogens is 4. The van der Waals surface area contributed by atoms with Crippen molar-refractivity contribution >= 4 is 65.3 Å². The Morgan fingerprint density at radius 3 is 1.93 bits per heavy atom. The molecule has 3 aromatic heterocycles. The van der Waals surface area contributed by atoms with Crippen LogP contribution < -0.4 is 0 Å². The molecular weight excluding hydrogens is 745 g/mol. The van der Waals surface area contributed by atoms with Gasteiger partial charge in [-0.05, 0) is 85.8 Å². The SMILES string of the molecule is CC1(C)c2ccc(-c3cccc4c5ccccc5n(-c5nc(-c6ccc7ccccc7c6)nc(-c6ccc7c(c6)oc6ccccc67)n5)c34)cc2-c2c1ccc1ccccc21. The number of furan rings is 1. The Balaban J connectivity index is 1.08. The van der Waals surface area contributed by atoms with Crippen molar-refractivity contribution in [1.82, 2.24) is 19.5 Å². The molecule has 61 heavy (non-hydrogen) atoms. The number of rotatable bonds is 4. The van der Waals surface area contributed by atoms with Crippen LogP contribution in [0.5, 0.6) is 0 Å². The number of benzene rings is 9. The molecular formula is C56H36N4O. The molecule has 13 rings (SSSR count). The molecule has 0 unspecified atom stereocenters. The largest absolute Gasteiger partial charge is 0.456 e. The van der Waals surface area contributed by atoms with Crippen molar-refractivity contribution in [3.63, 3.8) is 0 Å². The minimum absolute atomic E-state index is 0.125. The number of hydrogen-bond acceptors (Lipinski definition) is 4. The van der Waals surface area contributed by atoms with Gasteiger partial charge in [0.2, 0.25) is 5.95 Å². The number of hydrogen-bond donors (Lipinski definition) is 0. The van der Waals surface area contributed by atoms with E-state index in [2.05, 4.69) is 182 Å². The van der Waals surface area contributed by atoms with Gasteiger partial charge in [0.25, 0.3) is 0 Å². The smallest absolute Gasteiger partial charge is 0.238 e. The summed E-state index contributed by atoms with van der Waals surface area (Å²) in [6.45, 7) is 4.70. The number of nitrogens with zero attached hydrogens (tertiary/aromatic N) is 4. The predicted molar refractivity (Wildman–Crippen MR) is 250 cm³/mol. The zero-order valence-corrected chi connectivity index (χ0v) is 33.5. The van der Waals surface area contributed by atoms with Crippen molar-refractivity contribution in [3.8, 4) is 51.0 Å². The molecule has 0 bridgehead atoms. The first kappa shape index (κ1) is 34.0. The summed E-state index contributed by atoms with van der Waals surface area (Å²) in [5.41, 5.74) is 13.0. The van der Waals surface area contributed by atoms with Crippen molar-refractivity contribution in [1.29, 1.82) is 0 Å². The second-order valence-corrected chi connectivity index (χ2v) is 16.8. The first-order valence-electron chi connectivity index (χ1n) is 20.8. The molecule has 1 aliphatic rings. The lowest BCUT2D eigenvalue weighted by Crippen LogP contribution is -2.14. The van der Waals surface area contributed by atoms with Crippen LogP contribution in [0.1, 0.15) is 25.0 Å². The van der Waals surface area contributed by atoms with Crippen LogP contribution in [-0.4, -0.2) is 19.5 Å². The summed E-state index contributed by atoms with van der Waals surface area (Å²) in [6, 6.07) is 64.9. The standard InChI is InChI=1S/C56H36N4O/c1-56(2)46-28-26-36(31-45(46)51-39-15-6-5-13-34(39)25-29-47(51)56)40-18-11-19-44-41-16-7-9-20-48(41)60(52(40)44)55-58-53(37-23-22-33-12-3-4-14-35(33)30-37)57-54(59-55)38-24-27-43-42-17-8-10-21-49(42)61-50(43)32-38/h3-32H,1-2H3. The molecule has 3 heterocycles. The van der Waals surface area contributed by atoms with Gasteiger partial charge >= 0.3 is 0 Å². The van der Waals surface area contributed by atoms with E-state index in [1.54, 1.807) is 0 Å². The molecule has 1 aliphatic carbocycles. The van der Waals surface area contributed by atoms with Gasteiger partial charge in [-0.2, -0.15) is 9.97 Å². The van der Waals surface area contributed by atoms with Crippen LogP contribution in [0.15, 0.2) is 186 Å². The third-order valence-corrected chi connectivity index (χ3v) is 13.0. The van der Waals surface area contributed by atoms with Gasteiger partial charge in [0.05, 0.1) is 11.0 Å². The van der Waals surface area contributed by atoms with Crippen LogP contribution >= 0.6 is 0 Å². The lowest BCUT2D eigenvalue weighted by Gasteiger charge is -2.21. The molecule has 286 valence electrons. The highest BCUT2D eigenvalue weighted by Crippen LogP contribution is 2.52. The molecule has 0 saturated carbocycles. The second kappa shape index (κ2) is 12.6. The average Bonchev–Trinajstić information content (AvgIpc) is 3.93. The Bertz CT molecular complexity index is 3810. The van der Waals surface area contributed by atoms with Crippen molar-refractivity contribution in [3.05, 3.63) is 193 Å². The normalized spacial score (nSPS) is 13.2. The topological polar surface area (TPSA) is 56.7 Å². The van der Waals surface area contributed by atoms with Crippen LogP contribution in [0.3, 0.4) is 0 Å². The van der Waals surface area contributed by atoms with Crippen LogP contribution in [-0.2, 0) is 5.41 Å². The maximum absolute atomic E-state index is 6.37. The van der Waals surface area contributed by atoms with Gasteiger partial charge in [-0.15, -0.1) is 0 Å². The van der Waals surface area contributed by atoms with Gasteiger partial charge in [0.1, 0.15) is 11.2 Å². The van der Waals surface area contributed by atoms with Crippen molar-refractivity contribution in [2.45, 2.75) is 19.3 Å². The molecule has 9 aromatic carbocycles. The van der Waals surface area contributed by atoms with Gasteiger partial charge in [-0.3, -0.25) is 4.57 Å². The molecule has 5 nitrogen and oxygen atoms in total. The fourth-order valence-electron chi connectivity index (χ4n) is 10.1. The predicted octanol–water partition coefficient (Wildman–Crippen LogP) is 14.5. The second-order valence-electron chi connectivity index (χ2n) is 16.8. The van der Waals surface area contributed by atoms with E-state index in [1.807, 2.05) is 18.2 Å². The Morgan fingerprint density at radius 1 is 0.426 bits per heavy atom. The van der Waals surface area contributed by atoms with Gasteiger partial charge in [-0.1, -0.05) is 159 Å². The van der Waals surface area contributed by atoms with E-state index in [-0.39, 0.29) is 5.41 Å². The molecule has 0 spiro atoms. The van der Waals surface area contributed by atoms with E-state index in [0.717, 1.165) is 76.8 Å². The minimum Gasteiger partial charge on any atom is -0.456 e. The van der Waals surface area contributed by atoms with Gasteiger partial charge in [-0.25, -0.2) is 4.98 Å². The van der Waals surface area contributed by atoms with E-state index in [0.29, 0.717) is 17.6 Å². The fourth-order valence-corrected chi connectivity index (χ4v) is 10.1. The number of para-hydroxylation sites is 3. The molecule has 0 amide bonds. The van der Waals surface area contributed by atoms with Crippen LogP contribution in [0.2, 0.25) is 0 Å². The summed E-state index contributed by atoms with van der Waals surface area (Å²) in [5, 5.41) is 9.25. The summed E-state index contributed by atoms with van der Waals surface area (Å²) in [4.78, 5) is 16.0. The Hall–Kier alpha value is -7.89. The fraction of sp³-hybridized carbons (Fsp3) is 0.0536. The summed E-state index contributed by atoms with van der Waals surface area (Å²) < 4.78 is 8.62. The van der Waals surface area contributed by atoms with Crippen LogP contribution in [0, 0.1) is 0 Å². The monoisotopic (exact) mass is 780 g/mol. The minimum atomic E-state index is -0.125. The molecule has 0 fully saturated rings. The van der Waals surface area contributed by atoms with Crippen LogP contribution in [0.25, 0.3) is 116 Å². The van der Waals surface area contributed by atoms with E-state index in [4.69, 9.17) is 19.4 Å². The zero-order chi connectivity index (χ0) is 40.4. The lowest BCUT2D eigenvalue weighted by molar-refractivity contribution is 0.661. The lowest BCUT2D eigenvalue weighted by atomic mass is 9.82. The summed E-state index contributed by atoms with van der Waals surface area (Å²) >= 11 is 0. The molecule has 0 radical (unpaired) electrons. The zero-order valence-electron chi connectivity index (χ0n) is 33.5. The number of fused-ring (bicyclic) bond motifs is 12. The highest BCUT2D eigenvalue weighted by molar-refractivity contribution is 6.14. The summed E-state index contributed by atoms with van der Waals surface area (Å²) in [7, 11) is 0. The summed E-state index contributed by atoms with van der Waals surface area (Å²) in [5.74, 6) is 1.72. The first-order valence-corrected chi connectivity index (χ1v) is 20.8. The highest BCUT2D eigenvalue weighted by Gasteiger charge is 2.36. The quantitative estimate of drug-likeness (QED) is 0.178. The van der Waals surface area contributed by atoms with Crippen LogP contribution in [0.4, 0.5) is 0 Å². The van der Waals surface area contributed by atoms with Gasteiger partial charge in [0.15, 0.2) is 11.6 Å². The first-order chi connectivity index (χ1) is 30.0. The van der Waals surface area contributed by atoms with E-state index in [9.17, 15) is 0 Å². The Morgan fingerprint density at radius 2 is 1.07 bits per heavy atom. The molecule has 0 aliphatic heterocycles. The van der Waals surface area contributed by atoms with Crippen molar-refractivity contribution in [2.75, 3.05) is 0 Å². The summed E-state index contributed by atoms with van der Waals surface area (Å²) in [6.07, 6.45) is 0. The molecule has 0 N–H and O–H groups in total. The van der Waals surface area contributed by atoms with Gasteiger partial charge < -0.3 is 4.42 Å². The maximum atomic E-state index is 6.37. The molecule has 0 saturated heterocycles. The average molecular weight is 781 g/mol.